The highest BCUT2D eigenvalue weighted by Gasteiger charge is 2.30. The van der Waals surface area contributed by atoms with Crippen LogP contribution in [0.1, 0.15) is 56.3 Å². The predicted molar refractivity (Wildman–Crippen MR) is 57.4 cm³/mol. The van der Waals surface area contributed by atoms with Crippen molar-refractivity contribution in [3.05, 3.63) is 11.4 Å². The Labute approximate surface area is 90.3 Å². The average Bonchev–Trinajstić information content (AvgIpc) is 3.00. The summed E-state index contributed by atoms with van der Waals surface area (Å²) in [6, 6.07) is 0. The number of rotatable bonds is 6. The third-order valence-electron chi connectivity index (χ3n) is 2.93. The van der Waals surface area contributed by atoms with Crippen LogP contribution < -0.4 is 0 Å². The van der Waals surface area contributed by atoms with E-state index in [9.17, 15) is 0 Å². The number of unbranched alkanes of at least 4 members (excludes halogenated alkanes) is 2. The Hall–Kier alpha value is -0.900. The Balaban J connectivity index is 2.05. The lowest BCUT2D eigenvalue weighted by molar-refractivity contribution is 0.275. The smallest absolute Gasteiger partial charge is 0.112 e. The average molecular weight is 209 g/mol. The Morgan fingerprint density at radius 2 is 2.20 bits per heavy atom. The van der Waals surface area contributed by atoms with Gasteiger partial charge in [0.15, 0.2) is 0 Å². The summed E-state index contributed by atoms with van der Waals surface area (Å²) in [7, 11) is 0. The number of aromatic nitrogens is 3. The number of hydrogen-bond acceptors (Lipinski definition) is 3. The summed E-state index contributed by atoms with van der Waals surface area (Å²) in [4.78, 5) is 0. The first-order valence-corrected chi connectivity index (χ1v) is 5.90. The molecular weight excluding hydrogens is 190 g/mol. The quantitative estimate of drug-likeness (QED) is 0.727. The molecule has 0 bridgehead atoms. The van der Waals surface area contributed by atoms with Gasteiger partial charge in [-0.3, -0.25) is 0 Å². The van der Waals surface area contributed by atoms with Gasteiger partial charge >= 0.3 is 0 Å². The molecule has 15 heavy (non-hydrogen) atoms. The molecular formula is C11H19N3O. The van der Waals surface area contributed by atoms with Crippen LogP contribution in [0.3, 0.4) is 0 Å². The van der Waals surface area contributed by atoms with E-state index in [1.807, 2.05) is 4.68 Å². The Morgan fingerprint density at radius 3 is 2.80 bits per heavy atom. The Bertz CT molecular complexity index is 318. The molecule has 0 saturated heterocycles. The van der Waals surface area contributed by atoms with Gasteiger partial charge < -0.3 is 5.11 Å². The van der Waals surface area contributed by atoms with E-state index in [1.165, 1.54) is 31.4 Å². The molecule has 1 saturated carbocycles. The minimum Gasteiger partial charge on any atom is -0.390 e. The molecule has 1 N–H and O–H groups in total. The van der Waals surface area contributed by atoms with Gasteiger partial charge in [0.1, 0.15) is 5.69 Å². The molecule has 0 aliphatic heterocycles. The number of aryl methyl sites for hydroxylation is 1. The van der Waals surface area contributed by atoms with E-state index in [0.717, 1.165) is 18.7 Å². The Kier molecular flexibility index (Phi) is 3.36. The van der Waals surface area contributed by atoms with E-state index in [1.54, 1.807) is 0 Å². The first kappa shape index (κ1) is 10.6. The number of aliphatic hydroxyl groups excluding tert-OH is 1. The van der Waals surface area contributed by atoms with Gasteiger partial charge in [0, 0.05) is 12.5 Å². The lowest BCUT2D eigenvalue weighted by Crippen LogP contribution is -2.05. The summed E-state index contributed by atoms with van der Waals surface area (Å²) >= 11 is 0. The zero-order chi connectivity index (χ0) is 10.7. The standard InChI is InChI=1S/C11H19N3O/c1-2-3-4-7-14-11(9-5-6-9)10(8-15)12-13-14/h9,15H,2-8H2,1H3. The number of hydrogen-bond donors (Lipinski definition) is 1. The van der Waals surface area contributed by atoms with Gasteiger partial charge in [-0.25, -0.2) is 4.68 Å². The van der Waals surface area contributed by atoms with Gasteiger partial charge in [-0.1, -0.05) is 25.0 Å². The highest BCUT2D eigenvalue weighted by molar-refractivity contribution is 5.19. The van der Waals surface area contributed by atoms with Crippen LogP contribution >= 0.6 is 0 Å². The molecule has 1 aromatic rings. The van der Waals surface area contributed by atoms with Gasteiger partial charge in [0.25, 0.3) is 0 Å². The minimum atomic E-state index is 0.0274. The van der Waals surface area contributed by atoms with Crippen molar-refractivity contribution in [2.45, 2.75) is 58.1 Å². The highest BCUT2D eigenvalue weighted by atomic mass is 16.3. The summed E-state index contributed by atoms with van der Waals surface area (Å²) in [5, 5.41) is 17.3. The third-order valence-corrected chi connectivity index (χ3v) is 2.93. The summed E-state index contributed by atoms with van der Waals surface area (Å²) in [5.41, 5.74) is 1.97. The molecule has 1 aliphatic rings. The molecule has 2 rings (SSSR count). The molecule has 0 unspecified atom stereocenters. The van der Waals surface area contributed by atoms with Crippen molar-refractivity contribution in [3.8, 4) is 0 Å². The second kappa shape index (κ2) is 4.75. The highest BCUT2D eigenvalue weighted by Crippen LogP contribution is 2.41. The van der Waals surface area contributed by atoms with Crippen molar-refractivity contribution in [3.63, 3.8) is 0 Å². The molecule has 4 heteroatoms. The molecule has 1 heterocycles. The monoisotopic (exact) mass is 209 g/mol. The topological polar surface area (TPSA) is 50.9 Å². The second-order valence-electron chi connectivity index (χ2n) is 4.28. The van der Waals surface area contributed by atoms with E-state index in [-0.39, 0.29) is 6.61 Å². The molecule has 1 aliphatic carbocycles. The first-order chi connectivity index (χ1) is 7.36. The van der Waals surface area contributed by atoms with Crippen molar-refractivity contribution in [1.29, 1.82) is 0 Å². The van der Waals surface area contributed by atoms with Crippen LogP contribution in [0.2, 0.25) is 0 Å². The second-order valence-corrected chi connectivity index (χ2v) is 4.28. The largest absolute Gasteiger partial charge is 0.390 e. The van der Waals surface area contributed by atoms with Crippen LogP contribution in [-0.4, -0.2) is 20.1 Å². The van der Waals surface area contributed by atoms with Crippen LogP contribution in [0.25, 0.3) is 0 Å². The SMILES string of the molecule is CCCCCn1nnc(CO)c1C1CC1. The molecule has 0 atom stereocenters. The van der Waals surface area contributed by atoms with Gasteiger partial charge in [0.05, 0.1) is 12.3 Å². The molecule has 84 valence electrons. The molecule has 1 aromatic heterocycles. The van der Waals surface area contributed by atoms with Crippen LogP contribution in [0.15, 0.2) is 0 Å². The van der Waals surface area contributed by atoms with E-state index < -0.39 is 0 Å². The van der Waals surface area contributed by atoms with Gasteiger partial charge in [-0.15, -0.1) is 5.10 Å². The fourth-order valence-corrected chi connectivity index (χ4v) is 1.95. The normalized spacial score (nSPS) is 15.9. The van der Waals surface area contributed by atoms with Crippen molar-refractivity contribution in [2.24, 2.45) is 0 Å². The fourth-order valence-electron chi connectivity index (χ4n) is 1.95. The van der Waals surface area contributed by atoms with E-state index >= 15 is 0 Å². The first-order valence-electron chi connectivity index (χ1n) is 5.90. The maximum atomic E-state index is 9.16. The van der Waals surface area contributed by atoms with Crippen LogP contribution in [0, 0.1) is 0 Å². The van der Waals surface area contributed by atoms with Crippen LogP contribution in [0.4, 0.5) is 0 Å². The van der Waals surface area contributed by atoms with Gasteiger partial charge in [0.2, 0.25) is 0 Å². The third kappa shape index (κ3) is 2.37. The zero-order valence-corrected chi connectivity index (χ0v) is 9.32. The number of nitrogens with zero attached hydrogens (tertiary/aromatic N) is 3. The fraction of sp³-hybridized carbons (Fsp3) is 0.818. The molecule has 0 aromatic carbocycles. The van der Waals surface area contributed by atoms with Crippen molar-refractivity contribution < 1.29 is 5.11 Å². The lowest BCUT2D eigenvalue weighted by Gasteiger charge is -2.05. The molecule has 0 amide bonds. The Morgan fingerprint density at radius 1 is 1.40 bits per heavy atom. The maximum absolute atomic E-state index is 9.16. The molecule has 1 fully saturated rings. The molecule has 4 nitrogen and oxygen atoms in total. The van der Waals surface area contributed by atoms with E-state index in [4.69, 9.17) is 5.11 Å². The summed E-state index contributed by atoms with van der Waals surface area (Å²) in [6.45, 7) is 3.18. The lowest BCUT2D eigenvalue weighted by atomic mass is 10.2. The molecule has 0 spiro atoms. The summed E-state index contributed by atoms with van der Waals surface area (Å²) in [5.74, 6) is 0.615. The van der Waals surface area contributed by atoms with Crippen molar-refractivity contribution in [2.75, 3.05) is 0 Å². The van der Waals surface area contributed by atoms with Crippen LogP contribution in [0.5, 0.6) is 0 Å². The predicted octanol–water partition coefficient (Wildman–Crippen LogP) is 1.84. The van der Waals surface area contributed by atoms with Crippen LogP contribution in [-0.2, 0) is 13.2 Å². The number of aliphatic hydroxyl groups is 1. The minimum absolute atomic E-state index is 0.0274. The van der Waals surface area contributed by atoms with Crippen molar-refractivity contribution >= 4 is 0 Å². The molecule has 0 radical (unpaired) electrons. The zero-order valence-electron chi connectivity index (χ0n) is 9.32. The van der Waals surface area contributed by atoms with Crippen molar-refractivity contribution in [1.82, 2.24) is 15.0 Å². The van der Waals surface area contributed by atoms with E-state index in [2.05, 4.69) is 17.2 Å². The van der Waals surface area contributed by atoms with E-state index in [0.29, 0.717) is 5.92 Å². The van der Waals surface area contributed by atoms with Gasteiger partial charge in [-0.05, 0) is 19.3 Å². The maximum Gasteiger partial charge on any atom is 0.112 e. The summed E-state index contributed by atoms with van der Waals surface area (Å²) in [6.07, 6.45) is 6.07. The van der Waals surface area contributed by atoms with Gasteiger partial charge in [-0.2, -0.15) is 0 Å². The summed E-state index contributed by atoms with van der Waals surface area (Å²) < 4.78 is 2.00.